The standard InChI is InChI=1S/C32H46N6O3/c1-3-4-23-41-29-12-10-27(11-13-29)34-32(40)37-17-14-28(15-18-37)38-16-6-8-26(24-38)31(39)36-21-19-35(20-22-36)30-9-5-7-25(2)33-30/h5,7,9-13,26,28H,3-4,6,8,14-24H2,1-2H3,(H,34,40)/t26-/m0/s1. The summed E-state index contributed by atoms with van der Waals surface area (Å²) in [5, 5.41) is 3.04. The maximum atomic E-state index is 13.5. The number of nitrogens with one attached hydrogen (secondary N) is 1. The zero-order valence-corrected chi connectivity index (χ0v) is 24.8. The minimum atomic E-state index is -0.0465. The van der Waals surface area contributed by atoms with Gasteiger partial charge in [0.15, 0.2) is 0 Å². The number of piperazine rings is 1. The number of hydrogen-bond donors (Lipinski definition) is 1. The van der Waals surface area contributed by atoms with E-state index in [0.717, 1.165) is 114 Å². The Morgan fingerprint density at radius 2 is 1.68 bits per heavy atom. The molecule has 3 aliphatic rings. The quantitative estimate of drug-likeness (QED) is 0.473. The monoisotopic (exact) mass is 562 g/mol. The molecule has 9 heteroatoms. The van der Waals surface area contributed by atoms with E-state index in [1.807, 2.05) is 48.2 Å². The topological polar surface area (TPSA) is 81.2 Å². The Kier molecular flexibility index (Phi) is 9.98. The molecule has 3 saturated heterocycles. The molecule has 4 heterocycles. The highest BCUT2D eigenvalue weighted by atomic mass is 16.5. The van der Waals surface area contributed by atoms with E-state index in [-0.39, 0.29) is 11.9 Å². The number of piperidine rings is 2. The Balaban J connectivity index is 1.05. The molecule has 0 unspecified atom stereocenters. The van der Waals surface area contributed by atoms with E-state index in [1.54, 1.807) is 0 Å². The first kappa shape index (κ1) is 29.2. The molecule has 41 heavy (non-hydrogen) atoms. The third-order valence-corrected chi connectivity index (χ3v) is 8.73. The van der Waals surface area contributed by atoms with Crippen molar-refractivity contribution < 1.29 is 14.3 Å². The van der Waals surface area contributed by atoms with E-state index < -0.39 is 0 Å². The maximum absolute atomic E-state index is 13.5. The average Bonchev–Trinajstić information content (AvgIpc) is 3.02. The van der Waals surface area contributed by atoms with Gasteiger partial charge in [-0.1, -0.05) is 19.4 Å². The third-order valence-electron chi connectivity index (χ3n) is 8.73. The number of likely N-dealkylation sites (tertiary alicyclic amines) is 2. The molecule has 1 atom stereocenters. The Morgan fingerprint density at radius 3 is 2.39 bits per heavy atom. The summed E-state index contributed by atoms with van der Waals surface area (Å²) in [6.45, 7) is 11.4. The van der Waals surface area contributed by atoms with Gasteiger partial charge in [0.05, 0.1) is 12.5 Å². The van der Waals surface area contributed by atoms with Gasteiger partial charge < -0.3 is 24.8 Å². The molecule has 0 radical (unpaired) electrons. The number of carbonyl (C=O) groups is 2. The number of aromatic nitrogens is 1. The maximum Gasteiger partial charge on any atom is 0.321 e. The summed E-state index contributed by atoms with van der Waals surface area (Å²) in [5.74, 6) is 2.22. The second-order valence-corrected chi connectivity index (χ2v) is 11.7. The molecule has 2 aromatic rings. The summed E-state index contributed by atoms with van der Waals surface area (Å²) in [5.41, 5.74) is 1.81. The first-order valence-corrected chi connectivity index (χ1v) is 15.5. The first-order valence-electron chi connectivity index (χ1n) is 15.5. The highest BCUT2D eigenvalue weighted by Crippen LogP contribution is 2.26. The number of rotatable bonds is 8. The average molecular weight is 563 g/mol. The molecule has 1 aromatic heterocycles. The molecule has 5 rings (SSSR count). The first-order chi connectivity index (χ1) is 20.0. The Morgan fingerprint density at radius 1 is 0.927 bits per heavy atom. The number of carbonyl (C=O) groups excluding carboxylic acids is 2. The van der Waals surface area contributed by atoms with Crippen molar-refractivity contribution in [3.8, 4) is 5.75 Å². The van der Waals surface area contributed by atoms with Crippen LogP contribution in [-0.2, 0) is 4.79 Å². The van der Waals surface area contributed by atoms with Crippen molar-refractivity contribution in [2.45, 2.75) is 58.4 Å². The van der Waals surface area contributed by atoms with Crippen LogP contribution in [-0.4, -0.2) is 96.6 Å². The lowest BCUT2D eigenvalue weighted by molar-refractivity contribution is -0.138. The zero-order valence-electron chi connectivity index (χ0n) is 24.8. The van der Waals surface area contributed by atoms with Crippen LogP contribution >= 0.6 is 0 Å². The molecule has 3 aliphatic heterocycles. The summed E-state index contributed by atoms with van der Waals surface area (Å²) in [4.78, 5) is 39.8. The van der Waals surface area contributed by atoms with E-state index in [2.05, 4.69) is 38.0 Å². The van der Waals surface area contributed by atoms with Crippen molar-refractivity contribution in [2.75, 3.05) is 69.2 Å². The molecular formula is C32H46N6O3. The lowest BCUT2D eigenvalue weighted by atomic mass is 9.92. The molecule has 0 spiro atoms. The highest BCUT2D eigenvalue weighted by molar-refractivity contribution is 5.89. The van der Waals surface area contributed by atoms with Gasteiger partial charge in [0.2, 0.25) is 5.91 Å². The SMILES string of the molecule is CCCCOc1ccc(NC(=O)N2CCC(N3CCC[C@H](C(=O)N4CCN(c5cccc(C)n5)CC4)C3)CC2)cc1. The number of benzene rings is 1. The normalized spacial score (nSPS) is 20.6. The van der Waals surface area contributed by atoms with E-state index >= 15 is 0 Å². The van der Waals surface area contributed by atoms with Crippen LogP contribution in [0.25, 0.3) is 0 Å². The van der Waals surface area contributed by atoms with Crippen LogP contribution in [0.4, 0.5) is 16.3 Å². The van der Waals surface area contributed by atoms with Crippen molar-refractivity contribution in [3.05, 3.63) is 48.2 Å². The fourth-order valence-corrected chi connectivity index (χ4v) is 6.26. The Hall–Kier alpha value is -3.33. The predicted molar refractivity (Wildman–Crippen MR) is 163 cm³/mol. The van der Waals surface area contributed by atoms with Gasteiger partial charge in [-0.25, -0.2) is 9.78 Å². The van der Waals surface area contributed by atoms with Gasteiger partial charge in [0.1, 0.15) is 11.6 Å². The lowest BCUT2D eigenvalue weighted by Gasteiger charge is -2.43. The van der Waals surface area contributed by atoms with Crippen molar-refractivity contribution in [1.82, 2.24) is 19.7 Å². The van der Waals surface area contributed by atoms with Gasteiger partial charge in [0, 0.05) is 63.2 Å². The largest absolute Gasteiger partial charge is 0.494 e. The van der Waals surface area contributed by atoms with Crippen LogP contribution in [0.15, 0.2) is 42.5 Å². The summed E-state index contributed by atoms with van der Waals surface area (Å²) >= 11 is 0. The minimum Gasteiger partial charge on any atom is -0.494 e. The van der Waals surface area contributed by atoms with Crippen molar-refractivity contribution in [3.63, 3.8) is 0 Å². The summed E-state index contributed by atoms with van der Waals surface area (Å²) in [6, 6.07) is 14.1. The number of nitrogens with zero attached hydrogens (tertiary/aromatic N) is 5. The van der Waals surface area contributed by atoms with Crippen LogP contribution < -0.4 is 15.0 Å². The number of hydrogen-bond acceptors (Lipinski definition) is 6. The summed E-state index contributed by atoms with van der Waals surface area (Å²) < 4.78 is 5.72. The summed E-state index contributed by atoms with van der Waals surface area (Å²) in [6.07, 6.45) is 6.06. The van der Waals surface area contributed by atoms with Crippen molar-refractivity contribution in [1.29, 1.82) is 0 Å². The van der Waals surface area contributed by atoms with E-state index in [4.69, 9.17) is 4.74 Å². The molecular weight excluding hydrogens is 516 g/mol. The highest BCUT2D eigenvalue weighted by Gasteiger charge is 2.35. The van der Waals surface area contributed by atoms with Crippen LogP contribution in [0.2, 0.25) is 0 Å². The number of unbranched alkanes of at least 4 members (excludes halogenated alkanes) is 1. The fourth-order valence-electron chi connectivity index (χ4n) is 6.26. The number of pyridine rings is 1. The number of urea groups is 1. The molecule has 0 saturated carbocycles. The van der Waals surface area contributed by atoms with Crippen molar-refractivity contribution in [2.24, 2.45) is 5.92 Å². The Bertz CT molecular complexity index is 1140. The van der Waals surface area contributed by atoms with Crippen molar-refractivity contribution >= 4 is 23.4 Å². The molecule has 3 amide bonds. The molecule has 3 fully saturated rings. The molecule has 0 aliphatic carbocycles. The number of anilines is 2. The second-order valence-electron chi connectivity index (χ2n) is 11.7. The van der Waals surface area contributed by atoms with Crippen LogP contribution in [0.1, 0.15) is 51.1 Å². The third kappa shape index (κ3) is 7.70. The number of amides is 3. The van der Waals surface area contributed by atoms with Crippen LogP contribution in [0.5, 0.6) is 5.75 Å². The lowest BCUT2D eigenvalue weighted by Crippen LogP contribution is -2.55. The van der Waals surface area contributed by atoms with E-state index in [0.29, 0.717) is 18.6 Å². The molecule has 0 bridgehead atoms. The van der Waals surface area contributed by atoms with Gasteiger partial charge in [0.25, 0.3) is 0 Å². The number of aryl methyl sites for hydroxylation is 1. The number of ether oxygens (including phenoxy) is 1. The smallest absolute Gasteiger partial charge is 0.321 e. The minimum absolute atomic E-state index is 0.0465. The van der Waals surface area contributed by atoms with E-state index in [9.17, 15) is 9.59 Å². The molecule has 9 nitrogen and oxygen atoms in total. The van der Waals surface area contributed by atoms with Gasteiger partial charge in [-0.2, -0.15) is 0 Å². The predicted octanol–water partition coefficient (Wildman–Crippen LogP) is 4.63. The van der Waals surface area contributed by atoms with Crippen LogP contribution in [0.3, 0.4) is 0 Å². The fraction of sp³-hybridized carbons (Fsp3) is 0.594. The molecule has 1 N–H and O–H groups in total. The molecule has 222 valence electrons. The molecule has 1 aromatic carbocycles. The van der Waals surface area contributed by atoms with Gasteiger partial charge in [-0.15, -0.1) is 0 Å². The Labute approximate surface area is 244 Å². The van der Waals surface area contributed by atoms with Gasteiger partial charge in [-0.05, 0) is 82.0 Å². The van der Waals surface area contributed by atoms with Gasteiger partial charge in [-0.3, -0.25) is 9.69 Å². The van der Waals surface area contributed by atoms with Crippen LogP contribution in [0, 0.1) is 12.8 Å². The second kappa shape index (κ2) is 14.0. The summed E-state index contributed by atoms with van der Waals surface area (Å²) in [7, 11) is 0. The zero-order chi connectivity index (χ0) is 28.6. The van der Waals surface area contributed by atoms with Gasteiger partial charge >= 0.3 is 6.03 Å². The van der Waals surface area contributed by atoms with E-state index in [1.165, 1.54) is 0 Å².